The molecule has 26 heavy (non-hydrogen) atoms. The number of thioether (sulfide) groups is 1. The van der Waals surface area contributed by atoms with E-state index < -0.39 is 0 Å². The first kappa shape index (κ1) is 17.1. The van der Waals surface area contributed by atoms with Crippen molar-refractivity contribution < 1.29 is 9.21 Å². The van der Waals surface area contributed by atoms with Crippen LogP contribution in [0.4, 0.5) is 0 Å². The van der Waals surface area contributed by atoms with Gasteiger partial charge in [0.25, 0.3) is 5.22 Å². The van der Waals surface area contributed by atoms with E-state index in [-0.39, 0.29) is 5.91 Å². The number of nitrogens with zero attached hydrogens (tertiary/aromatic N) is 3. The predicted molar refractivity (Wildman–Crippen MR) is 103 cm³/mol. The minimum atomic E-state index is 0.228. The van der Waals surface area contributed by atoms with Crippen molar-refractivity contribution in [3.05, 3.63) is 42.5 Å². The van der Waals surface area contributed by atoms with E-state index in [2.05, 4.69) is 34.5 Å². The molecule has 0 unspecified atom stereocenters. The highest BCUT2D eigenvalue weighted by atomic mass is 32.2. The molecule has 2 heterocycles. The van der Waals surface area contributed by atoms with Gasteiger partial charge in [0.05, 0.1) is 0 Å². The number of aromatic nitrogens is 2. The zero-order chi connectivity index (χ0) is 17.8. The van der Waals surface area contributed by atoms with Gasteiger partial charge in [-0.05, 0) is 42.2 Å². The van der Waals surface area contributed by atoms with E-state index >= 15 is 0 Å². The van der Waals surface area contributed by atoms with Crippen molar-refractivity contribution >= 4 is 28.4 Å². The molecule has 0 aliphatic carbocycles. The quantitative estimate of drug-likeness (QED) is 0.626. The second-order valence-corrected chi connectivity index (χ2v) is 7.52. The zero-order valence-corrected chi connectivity index (χ0v) is 15.4. The number of carbonyl (C=O) groups is 1. The summed E-state index contributed by atoms with van der Waals surface area (Å²) < 4.78 is 5.76. The number of likely N-dealkylation sites (tertiary alicyclic amines) is 1. The summed E-state index contributed by atoms with van der Waals surface area (Å²) in [5, 5.41) is 11.1. The van der Waals surface area contributed by atoms with Crippen molar-refractivity contribution in [3.63, 3.8) is 0 Å². The molecule has 134 valence electrons. The van der Waals surface area contributed by atoms with Crippen LogP contribution >= 0.6 is 11.8 Å². The Balaban J connectivity index is 1.36. The Morgan fingerprint density at radius 1 is 1.04 bits per heavy atom. The van der Waals surface area contributed by atoms with Gasteiger partial charge in [-0.2, -0.15) is 0 Å². The molecule has 0 saturated carbocycles. The summed E-state index contributed by atoms with van der Waals surface area (Å²) in [5.41, 5.74) is 0.910. The monoisotopic (exact) mass is 367 g/mol. The van der Waals surface area contributed by atoms with E-state index in [4.69, 9.17) is 4.42 Å². The molecule has 1 aliphatic heterocycles. The summed E-state index contributed by atoms with van der Waals surface area (Å²) in [6.07, 6.45) is 3.99. The standard InChI is InChI=1S/C20H21N3O2S/c24-18(23-11-4-1-5-12-23)10-13-26-20-22-21-19(25-20)17-9-8-15-6-2-3-7-16(15)14-17/h2-3,6-9,14H,1,4-5,10-13H2. The summed E-state index contributed by atoms with van der Waals surface area (Å²) in [4.78, 5) is 14.2. The zero-order valence-electron chi connectivity index (χ0n) is 14.6. The maximum absolute atomic E-state index is 12.2. The first-order valence-electron chi connectivity index (χ1n) is 9.03. The first-order chi connectivity index (χ1) is 12.8. The molecule has 4 rings (SSSR count). The number of hydrogen-bond donors (Lipinski definition) is 0. The Morgan fingerprint density at radius 2 is 1.85 bits per heavy atom. The summed E-state index contributed by atoms with van der Waals surface area (Å²) in [5.74, 6) is 1.40. The summed E-state index contributed by atoms with van der Waals surface area (Å²) in [7, 11) is 0. The third kappa shape index (κ3) is 3.90. The van der Waals surface area contributed by atoms with Gasteiger partial charge in [-0.3, -0.25) is 4.79 Å². The number of benzene rings is 2. The van der Waals surface area contributed by atoms with Gasteiger partial charge in [0.2, 0.25) is 11.8 Å². The molecule has 2 aromatic carbocycles. The van der Waals surface area contributed by atoms with Gasteiger partial charge >= 0.3 is 0 Å². The van der Waals surface area contributed by atoms with E-state index in [0.29, 0.717) is 23.3 Å². The lowest BCUT2D eigenvalue weighted by molar-refractivity contribution is -0.131. The SMILES string of the molecule is O=C(CCSc1nnc(-c2ccc3ccccc3c2)o1)N1CCCCC1. The molecule has 5 nitrogen and oxygen atoms in total. The molecule has 0 N–H and O–H groups in total. The summed E-state index contributed by atoms with van der Waals surface area (Å²) in [6, 6.07) is 14.3. The third-order valence-corrected chi connectivity index (χ3v) is 5.47. The van der Waals surface area contributed by atoms with Crippen molar-refractivity contribution in [2.45, 2.75) is 30.9 Å². The van der Waals surface area contributed by atoms with Crippen LogP contribution in [0, 0.1) is 0 Å². The average Bonchev–Trinajstić information content (AvgIpc) is 3.17. The maximum Gasteiger partial charge on any atom is 0.276 e. The second-order valence-electron chi connectivity index (χ2n) is 6.47. The van der Waals surface area contributed by atoms with Crippen LogP contribution in [0.5, 0.6) is 0 Å². The van der Waals surface area contributed by atoms with E-state index in [1.54, 1.807) is 0 Å². The minimum absolute atomic E-state index is 0.228. The van der Waals surface area contributed by atoms with Crippen molar-refractivity contribution in [1.29, 1.82) is 0 Å². The highest BCUT2D eigenvalue weighted by Crippen LogP contribution is 2.26. The van der Waals surface area contributed by atoms with Crippen molar-refractivity contribution in [2.75, 3.05) is 18.8 Å². The molecule has 0 radical (unpaired) electrons. The van der Waals surface area contributed by atoms with Gasteiger partial charge in [0.15, 0.2) is 0 Å². The summed E-state index contributed by atoms with van der Waals surface area (Å²) >= 11 is 1.44. The van der Waals surface area contributed by atoms with Crippen LogP contribution in [0.1, 0.15) is 25.7 Å². The number of rotatable bonds is 5. The van der Waals surface area contributed by atoms with Crippen LogP contribution in [-0.2, 0) is 4.79 Å². The Morgan fingerprint density at radius 3 is 2.69 bits per heavy atom. The Labute approximate surface area is 156 Å². The number of carbonyl (C=O) groups excluding carboxylic acids is 1. The van der Waals surface area contributed by atoms with Crippen molar-refractivity contribution in [2.24, 2.45) is 0 Å². The molecule has 6 heteroatoms. The normalized spacial score (nSPS) is 14.7. The smallest absolute Gasteiger partial charge is 0.276 e. The number of amides is 1. The largest absolute Gasteiger partial charge is 0.411 e. The Bertz CT molecular complexity index is 903. The Kier molecular flexibility index (Phi) is 5.20. The van der Waals surface area contributed by atoms with Gasteiger partial charge in [0, 0.05) is 30.8 Å². The number of hydrogen-bond acceptors (Lipinski definition) is 5. The maximum atomic E-state index is 12.2. The first-order valence-corrected chi connectivity index (χ1v) is 10.0. The number of fused-ring (bicyclic) bond motifs is 1. The molecule has 0 bridgehead atoms. The van der Waals surface area contributed by atoms with Crippen LogP contribution < -0.4 is 0 Å². The fourth-order valence-electron chi connectivity index (χ4n) is 3.23. The Hall–Kier alpha value is -2.34. The van der Waals surface area contributed by atoms with Gasteiger partial charge < -0.3 is 9.32 Å². The molecule has 1 aromatic heterocycles. The lowest BCUT2D eigenvalue weighted by Gasteiger charge is -2.26. The fraction of sp³-hybridized carbons (Fsp3) is 0.350. The van der Waals surface area contributed by atoms with Crippen molar-refractivity contribution in [3.8, 4) is 11.5 Å². The highest BCUT2D eigenvalue weighted by molar-refractivity contribution is 7.99. The van der Waals surface area contributed by atoms with E-state index in [1.165, 1.54) is 23.6 Å². The average molecular weight is 367 g/mol. The molecule has 1 fully saturated rings. The highest BCUT2D eigenvalue weighted by Gasteiger charge is 2.17. The minimum Gasteiger partial charge on any atom is -0.411 e. The van der Waals surface area contributed by atoms with Crippen molar-refractivity contribution in [1.82, 2.24) is 15.1 Å². The predicted octanol–water partition coefficient (Wildman–Crippen LogP) is 4.38. The molecule has 3 aromatic rings. The van der Waals surface area contributed by atoms with E-state index in [0.717, 1.165) is 36.9 Å². The third-order valence-electron chi connectivity index (χ3n) is 4.65. The molecular formula is C20H21N3O2S. The van der Waals surface area contributed by atoms with E-state index in [1.807, 2.05) is 23.1 Å². The molecule has 1 saturated heterocycles. The van der Waals surface area contributed by atoms with Gasteiger partial charge in [-0.1, -0.05) is 42.1 Å². The molecule has 0 spiro atoms. The lowest BCUT2D eigenvalue weighted by atomic mass is 10.1. The lowest BCUT2D eigenvalue weighted by Crippen LogP contribution is -2.35. The topological polar surface area (TPSA) is 59.2 Å². The van der Waals surface area contributed by atoms with Crippen LogP contribution in [-0.4, -0.2) is 39.8 Å². The van der Waals surface area contributed by atoms with Gasteiger partial charge in [-0.15, -0.1) is 10.2 Å². The van der Waals surface area contributed by atoms with Crippen LogP contribution in [0.15, 0.2) is 52.1 Å². The molecular weight excluding hydrogens is 346 g/mol. The van der Waals surface area contributed by atoms with Gasteiger partial charge in [0.1, 0.15) is 0 Å². The molecule has 1 amide bonds. The molecule has 1 aliphatic rings. The number of piperidine rings is 1. The molecule has 0 atom stereocenters. The van der Waals surface area contributed by atoms with Crippen LogP contribution in [0.2, 0.25) is 0 Å². The van der Waals surface area contributed by atoms with Gasteiger partial charge in [-0.25, -0.2) is 0 Å². The van der Waals surface area contributed by atoms with E-state index in [9.17, 15) is 4.79 Å². The fourth-order valence-corrected chi connectivity index (χ4v) is 3.92. The van der Waals surface area contributed by atoms with Crippen LogP contribution in [0.3, 0.4) is 0 Å². The van der Waals surface area contributed by atoms with Crippen LogP contribution in [0.25, 0.3) is 22.2 Å². The summed E-state index contributed by atoms with van der Waals surface area (Å²) in [6.45, 7) is 1.80. The second kappa shape index (κ2) is 7.91.